The van der Waals surface area contributed by atoms with E-state index in [0.29, 0.717) is 19.4 Å². The molecule has 1 unspecified atom stereocenters. The molecule has 1 saturated heterocycles. The van der Waals surface area contributed by atoms with Crippen molar-refractivity contribution in [2.24, 2.45) is 17.6 Å². The summed E-state index contributed by atoms with van der Waals surface area (Å²) in [6.07, 6.45) is 2.31. The molecular formula is C27H38N4O7. The van der Waals surface area contributed by atoms with Crippen molar-refractivity contribution < 1.29 is 33.4 Å². The maximum atomic E-state index is 13.2. The van der Waals surface area contributed by atoms with Gasteiger partial charge in [0.2, 0.25) is 17.7 Å². The van der Waals surface area contributed by atoms with Crippen LogP contribution < -0.4 is 16.4 Å². The maximum Gasteiger partial charge on any atom is 0.329 e. The molecule has 1 saturated carbocycles. The first-order chi connectivity index (χ1) is 18.1. The molecule has 11 nitrogen and oxygen atoms in total. The summed E-state index contributed by atoms with van der Waals surface area (Å²) in [5.74, 6) is -2.91. The minimum Gasteiger partial charge on any atom is -0.469 e. The van der Waals surface area contributed by atoms with E-state index in [-0.39, 0.29) is 24.9 Å². The molecule has 3 rings (SSSR count). The fourth-order valence-electron chi connectivity index (χ4n) is 4.51. The van der Waals surface area contributed by atoms with E-state index in [0.717, 1.165) is 18.4 Å². The number of nitrogens with one attached hydrogen (secondary N) is 2. The number of hydrogen-bond acceptors (Lipinski definition) is 8. The number of ether oxygens (including phenoxy) is 2. The van der Waals surface area contributed by atoms with Crippen molar-refractivity contribution in [3.05, 3.63) is 35.9 Å². The van der Waals surface area contributed by atoms with Crippen molar-refractivity contribution in [1.82, 2.24) is 15.5 Å². The summed E-state index contributed by atoms with van der Waals surface area (Å²) in [5, 5.41) is 5.56. The van der Waals surface area contributed by atoms with Gasteiger partial charge in [-0.1, -0.05) is 44.2 Å². The highest BCUT2D eigenvalue weighted by Gasteiger charge is 2.42. The lowest BCUT2D eigenvalue weighted by Gasteiger charge is -2.29. The molecule has 1 aliphatic carbocycles. The predicted octanol–water partition coefficient (Wildman–Crippen LogP) is 0.647. The molecule has 0 radical (unpaired) electrons. The highest BCUT2D eigenvalue weighted by Crippen LogP contribution is 2.33. The van der Waals surface area contributed by atoms with Crippen molar-refractivity contribution >= 4 is 29.7 Å². The van der Waals surface area contributed by atoms with Crippen molar-refractivity contribution in [2.45, 2.75) is 76.7 Å². The number of carbonyl (C=O) groups excluding carboxylic acids is 5. The molecule has 0 spiro atoms. The molecule has 2 fully saturated rings. The third-order valence-corrected chi connectivity index (χ3v) is 6.89. The molecule has 3 amide bonds. The lowest BCUT2D eigenvalue weighted by Crippen LogP contribution is -2.58. The highest BCUT2D eigenvalue weighted by molar-refractivity contribution is 5.95. The van der Waals surface area contributed by atoms with Gasteiger partial charge in [-0.05, 0) is 43.1 Å². The summed E-state index contributed by atoms with van der Waals surface area (Å²) in [5.41, 5.74) is 6.72. The van der Waals surface area contributed by atoms with Crippen molar-refractivity contribution in [1.29, 1.82) is 0 Å². The molecule has 208 valence electrons. The summed E-state index contributed by atoms with van der Waals surface area (Å²) >= 11 is 0. The van der Waals surface area contributed by atoms with E-state index in [1.165, 1.54) is 12.0 Å². The Kier molecular flexibility index (Phi) is 10.2. The van der Waals surface area contributed by atoms with Gasteiger partial charge in [-0.15, -0.1) is 0 Å². The quantitative estimate of drug-likeness (QED) is 0.333. The number of benzene rings is 1. The van der Waals surface area contributed by atoms with Gasteiger partial charge in [-0.25, -0.2) is 4.79 Å². The average Bonchev–Trinajstić information content (AvgIpc) is 3.63. The van der Waals surface area contributed by atoms with Gasteiger partial charge in [0, 0.05) is 6.54 Å². The first kappa shape index (κ1) is 29.1. The summed E-state index contributed by atoms with van der Waals surface area (Å²) in [6.45, 7) is 4.00. The van der Waals surface area contributed by atoms with Crippen LogP contribution in [0, 0.1) is 11.8 Å². The van der Waals surface area contributed by atoms with E-state index in [4.69, 9.17) is 10.5 Å². The van der Waals surface area contributed by atoms with Gasteiger partial charge in [0.05, 0.1) is 19.6 Å². The van der Waals surface area contributed by atoms with Gasteiger partial charge in [-0.2, -0.15) is 0 Å². The molecule has 1 aromatic rings. The van der Waals surface area contributed by atoms with Crippen LogP contribution in [-0.2, 0) is 40.1 Å². The lowest BCUT2D eigenvalue weighted by molar-refractivity contribution is -0.150. The average molecular weight is 531 g/mol. The standard InChI is InChI=1S/C27H38N4O7/c1-16(2)22(29-24(33)20-10-7-13-31(20)26(35)19(28)14-21(32)37-3)25(34)30-23(18-11-12-18)27(36)38-15-17-8-5-4-6-9-17/h4-6,8-9,16,18-20,22-23H,7,10-15,28H2,1-3H3,(H,29,33)(H,30,34)/t19-,20+,22-,23?/m1/s1. The largest absolute Gasteiger partial charge is 0.469 e. The normalized spacial score (nSPS) is 19.3. The number of methoxy groups -OCH3 is 1. The SMILES string of the molecule is COC(=O)C[C@@H](N)C(=O)N1CCC[C@H]1C(=O)N[C@@H](C(=O)NC(C(=O)OCc1ccccc1)C1CC1)C(C)C. The van der Waals surface area contributed by atoms with E-state index in [1.807, 2.05) is 30.3 Å². The number of hydrogen-bond donors (Lipinski definition) is 3. The number of carbonyl (C=O) groups is 5. The zero-order valence-corrected chi connectivity index (χ0v) is 22.2. The van der Waals surface area contributed by atoms with Crippen molar-refractivity contribution in [3.63, 3.8) is 0 Å². The van der Waals surface area contributed by atoms with Crippen LogP contribution in [0.5, 0.6) is 0 Å². The Hall–Kier alpha value is -3.47. The van der Waals surface area contributed by atoms with Gasteiger partial charge in [0.1, 0.15) is 24.7 Å². The van der Waals surface area contributed by atoms with Crippen molar-refractivity contribution in [2.75, 3.05) is 13.7 Å². The third-order valence-electron chi connectivity index (χ3n) is 6.89. The lowest BCUT2D eigenvalue weighted by atomic mass is 10.0. The molecule has 1 aromatic carbocycles. The molecule has 0 aromatic heterocycles. The number of nitrogens with two attached hydrogens (primary N) is 1. The van der Waals surface area contributed by atoms with E-state index in [9.17, 15) is 24.0 Å². The number of likely N-dealkylation sites (tertiary alicyclic amines) is 1. The van der Waals surface area contributed by atoms with E-state index >= 15 is 0 Å². The van der Waals surface area contributed by atoms with E-state index < -0.39 is 53.8 Å². The van der Waals surface area contributed by atoms with Crippen LogP contribution in [0.2, 0.25) is 0 Å². The van der Waals surface area contributed by atoms with Gasteiger partial charge in [0.25, 0.3) is 0 Å². The monoisotopic (exact) mass is 530 g/mol. The van der Waals surface area contributed by atoms with Crippen LogP contribution in [0.4, 0.5) is 0 Å². The maximum absolute atomic E-state index is 13.2. The summed E-state index contributed by atoms with van der Waals surface area (Å²) in [4.78, 5) is 65.0. The Morgan fingerprint density at radius 3 is 2.34 bits per heavy atom. The molecular weight excluding hydrogens is 492 g/mol. The number of nitrogens with zero attached hydrogens (tertiary/aromatic N) is 1. The Morgan fingerprint density at radius 1 is 1.05 bits per heavy atom. The molecule has 4 atom stereocenters. The van der Waals surface area contributed by atoms with Crippen LogP contribution in [0.15, 0.2) is 30.3 Å². The van der Waals surface area contributed by atoms with Crippen LogP contribution in [0.1, 0.15) is 51.5 Å². The fraction of sp³-hybridized carbons (Fsp3) is 0.593. The molecule has 1 heterocycles. The van der Waals surface area contributed by atoms with Gasteiger partial charge >= 0.3 is 11.9 Å². The smallest absolute Gasteiger partial charge is 0.329 e. The van der Waals surface area contributed by atoms with Crippen LogP contribution in [-0.4, -0.2) is 72.4 Å². The Morgan fingerprint density at radius 2 is 1.74 bits per heavy atom. The molecule has 2 aliphatic rings. The number of esters is 2. The van der Waals surface area contributed by atoms with Gasteiger partial charge in [0.15, 0.2) is 0 Å². The second kappa shape index (κ2) is 13.4. The first-order valence-electron chi connectivity index (χ1n) is 13.1. The molecule has 0 bridgehead atoms. The van der Waals surface area contributed by atoms with Gasteiger partial charge in [-0.3, -0.25) is 19.2 Å². The fourth-order valence-corrected chi connectivity index (χ4v) is 4.51. The minimum absolute atomic E-state index is 0.00928. The Labute approximate surface area is 222 Å². The number of amides is 3. The second-order valence-corrected chi connectivity index (χ2v) is 10.2. The van der Waals surface area contributed by atoms with E-state index in [2.05, 4.69) is 15.4 Å². The molecule has 38 heavy (non-hydrogen) atoms. The summed E-state index contributed by atoms with van der Waals surface area (Å²) in [6, 6.07) is 5.62. The minimum atomic E-state index is -1.12. The first-order valence-corrected chi connectivity index (χ1v) is 13.1. The molecule has 1 aliphatic heterocycles. The van der Waals surface area contributed by atoms with E-state index in [1.54, 1.807) is 13.8 Å². The Balaban J connectivity index is 1.61. The van der Waals surface area contributed by atoms with Crippen LogP contribution in [0.25, 0.3) is 0 Å². The zero-order chi connectivity index (χ0) is 27.8. The topological polar surface area (TPSA) is 157 Å². The highest BCUT2D eigenvalue weighted by atomic mass is 16.5. The summed E-state index contributed by atoms with van der Waals surface area (Å²) in [7, 11) is 1.21. The van der Waals surface area contributed by atoms with Crippen LogP contribution >= 0.6 is 0 Å². The second-order valence-electron chi connectivity index (χ2n) is 10.2. The van der Waals surface area contributed by atoms with Gasteiger partial charge < -0.3 is 30.7 Å². The van der Waals surface area contributed by atoms with Crippen molar-refractivity contribution in [3.8, 4) is 0 Å². The predicted molar refractivity (Wildman–Crippen MR) is 137 cm³/mol. The molecule has 4 N–H and O–H groups in total. The zero-order valence-electron chi connectivity index (χ0n) is 22.2. The molecule has 11 heteroatoms. The Bertz CT molecular complexity index is 1010. The van der Waals surface area contributed by atoms with Crippen LogP contribution in [0.3, 0.4) is 0 Å². The number of rotatable bonds is 12. The summed E-state index contributed by atoms with van der Waals surface area (Å²) < 4.78 is 10.0. The third kappa shape index (κ3) is 7.77.